The number of hydrogen-bond donors (Lipinski definition) is 4. The number of fused-ring (bicyclic) bond motifs is 3. The van der Waals surface area contributed by atoms with E-state index in [-0.39, 0.29) is 63.4 Å². The number of carbonyl (C=O) groups excluding carboxylic acids is 2. The molecule has 70 heavy (non-hydrogen) atoms. The molecule has 8 rings (SSSR count). The largest absolute Gasteiger partial charge is 0.474 e. The van der Waals surface area contributed by atoms with Crippen molar-refractivity contribution in [2.75, 3.05) is 38.1 Å². The first-order valence-electron chi connectivity index (χ1n) is 21.4. The average molecular weight is 1030 g/mol. The number of benzene rings is 2. The van der Waals surface area contributed by atoms with E-state index >= 15 is 8.78 Å². The van der Waals surface area contributed by atoms with Gasteiger partial charge < -0.3 is 44.6 Å². The molecule has 2 aromatic carbocycles. The number of phosphoric acid groups is 1. The third kappa shape index (κ3) is 11.5. The fraction of sp³-hybridized carbons (Fsp3) is 0.415. The number of nitrogen functional groups attached to an aromatic ring is 2. The maximum atomic E-state index is 16.9. The first kappa shape index (κ1) is 50.7. The molecule has 0 bridgehead atoms. The van der Waals surface area contributed by atoms with Gasteiger partial charge in [-0.3, -0.25) is 37.3 Å². The molecule has 6 aromatic rings. The lowest BCUT2D eigenvalue weighted by Crippen LogP contribution is -2.38. The minimum Gasteiger partial charge on any atom is -0.427 e. The normalized spacial score (nSPS) is 26.7. The Morgan fingerprint density at radius 1 is 0.900 bits per heavy atom. The van der Waals surface area contributed by atoms with E-state index in [1.165, 1.54) is 47.3 Å². The number of aromatic amines is 1. The minimum absolute atomic E-state index is 0.0108. The van der Waals surface area contributed by atoms with Crippen LogP contribution in [0, 0.1) is 0 Å². The molecular weight excluding hydrogens is 989 g/mol. The molecule has 2 fully saturated rings. The Labute approximate surface area is 399 Å². The van der Waals surface area contributed by atoms with Gasteiger partial charge in [0.15, 0.2) is 47.4 Å². The zero-order valence-electron chi connectivity index (χ0n) is 37.1. The van der Waals surface area contributed by atoms with Crippen LogP contribution in [0.25, 0.3) is 22.3 Å². The van der Waals surface area contributed by atoms with Crippen LogP contribution in [0.4, 0.5) is 20.5 Å². The van der Waals surface area contributed by atoms with Crippen molar-refractivity contribution in [2.45, 2.75) is 81.5 Å². The summed E-state index contributed by atoms with van der Waals surface area (Å²) < 4.78 is 109. The van der Waals surface area contributed by atoms with Crippen LogP contribution in [0.5, 0.6) is 11.5 Å². The summed E-state index contributed by atoms with van der Waals surface area (Å²) in [5.41, 5.74) is 11.1. The zero-order valence-corrected chi connectivity index (χ0v) is 39.8. The number of carbonyl (C=O) groups is 2. The van der Waals surface area contributed by atoms with Crippen LogP contribution in [-0.4, -0.2) is 113 Å². The summed E-state index contributed by atoms with van der Waals surface area (Å²) in [4.78, 5) is 71.1. The first-order valence-corrected chi connectivity index (χ1v) is 26.3. The summed E-state index contributed by atoms with van der Waals surface area (Å²) in [5.74, 6) is -1.06. The molecule has 24 nitrogen and oxygen atoms in total. The second-order valence-corrected chi connectivity index (χ2v) is 21.9. The third-order valence-electron chi connectivity index (χ3n) is 11.0. The summed E-state index contributed by atoms with van der Waals surface area (Å²) in [6, 6.07) is 12.1. The number of H-pyrrole nitrogens is 1. The highest BCUT2D eigenvalue weighted by Crippen LogP contribution is 2.62. The highest BCUT2D eigenvalue weighted by molar-refractivity contribution is 8.56. The van der Waals surface area contributed by atoms with E-state index in [1.54, 1.807) is 12.1 Å². The number of aromatic nitrogens is 8. The van der Waals surface area contributed by atoms with E-state index in [0.717, 1.165) is 48.6 Å². The Bertz CT molecular complexity index is 2990. The van der Waals surface area contributed by atoms with Crippen LogP contribution in [0.15, 0.2) is 72.3 Å². The molecule has 2 aliphatic rings. The van der Waals surface area contributed by atoms with Gasteiger partial charge in [0, 0.05) is 19.3 Å². The zero-order chi connectivity index (χ0) is 49.7. The van der Waals surface area contributed by atoms with Gasteiger partial charge in [-0.15, -0.1) is 0 Å². The van der Waals surface area contributed by atoms with E-state index in [1.807, 2.05) is 6.92 Å². The Kier molecular flexibility index (Phi) is 15.7. The van der Waals surface area contributed by atoms with E-state index in [2.05, 4.69) is 29.9 Å². The van der Waals surface area contributed by atoms with Gasteiger partial charge in [0.25, 0.3) is 12.1 Å². The van der Waals surface area contributed by atoms with Gasteiger partial charge in [-0.25, -0.2) is 38.1 Å². The van der Waals surface area contributed by atoms with Gasteiger partial charge in [-0.05, 0) is 48.4 Å². The van der Waals surface area contributed by atoms with Crippen LogP contribution in [0.2, 0.25) is 0 Å². The van der Waals surface area contributed by atoms with Crippen molar-refractivity contribution >= 4 is 71.8 Å². The standard InChI is InChI=1S/C41H46F2N10O14P2S/c1-3-4-5-6-28(54)64-24-13-9-23(10-14-24)40(56)65-25-11-7-22(8-12-25)17-70-68(57)21-61-33-27(66-38(30(33)43)52-19-48-31-34(44)46-18-47-35(31)52)16-63-69(58,59)67-39(29(42)26(60-2)15-62-68)53-20-49-32-36(53)50-41(45)51-37(32)55/h7-14,18-20,26-27,29-30,33,38-39H,3-6,15-17,21H2,1-2H3,(H,58,59)(H2,44,46,47)(H3,45,50,51,55)/t26-,27-,29-,30-,33-,38-,39-,68?/m1/s1. The predicted molar refractivity (Wildman–Crippen MR) is 245 cm³/mol. The van der Waals surface area contributed by atoms with Crippen molar-refractivity contribution < 1.29 is 69.6 Å². The lowest BCUT2D eigenvalue weighted by Gasteiger charge is -2.31. The molecule has 2 saturated heterocycles. The van der Waals surface area contributed by atoms with E-state index in [0.29, 0.717) is 12.0 Å². The van der Waals surface area contributed by atoms with Crippen LogP contribution in [-0.2, 0) is 47.5 Å². The fourth-order valence-electron chi connectivity index (χ4n) is 7.34. The molecule has 0 spiro atoms. The van der Waals surface area contributed by atoms with Crippen molar-refractivity contribution in [3.8, 4) is 11.5 Å². The smallest absolute Gasteiger partial charge is 0.427 e. The van der Waals surface area contributed by atoms with E-state index < -0.39 is 94.5 Å². The van der Waals surface area contributed by atoms with Crippen LogP contribution in [0.1, 0.15) is 61.0 Å². The van der Waals surface area contributed by atoms with Crippen LogP contribution in [0.3, 0.4) is 0 Å². The van der Waals surface area contributed by atoms with Crippen molar-refractivity contribution in [1.29, 1.82) is 0 Å². The fourth-order valence-corrected chi connectivity index (χ4v) is 11.6. The number of nitrogens with one attached hydrogen (secondary N) is 1. The average Bonchev–Trinajstić information content (AvgIpc) is 4.05. The van der Waals surface area contributed by atoms with Gasteiger partial charge in [-0.2, -0.15) is 4.98 Å². The number of hydrogen-bond acceptors (Lipinski definition) is 21. The Balaban J connectivity index is 1.03. The van der Waals surface area contributed by atoms with Crippen LogP contribution >= 0.6 is 25.8 Å². The van der Waals surface area contributed by atoms with Gasteiger partial charge in [0.1, 0.15) is 48.0 Å². The molecule has 374 valence electrons. The molecular formula is C41H46F2N10O14P2S. The predicted octanol–water partition coefficient (Wildman–Crippen LogP) is 5.55. The lowest BCUT2D eigenvalue weighted by molar-refractivity contribution is -0.134. The number of unbranched alkanes of at least 4 members (excludes halogenated alkanes) is 2. The molecule has 2 aliphatic heterocycles. The number of nitrogens with two attached hydrogens (primary N) is 2. The molecule has 4 aromatic heterocycles. The molecule has 0 aliphatic carbocycles. The maximum absolute atomic E-state index is 16.9. The van der Waals surface area contributed by atoms with Gasteiger partial charge in [-0.1, -0.05) is 43.3 Å². The maximum Gasteiger partial charge on any atom is 0.474 e. The molecule has 0 amide bonds. The second-order valence-electron chi connectivity index (χ2n) is 15.8. The highest BCUT2D eigenvalue weighted by Gasteiger charge is 2.50. The summed E-state index contributed by atoms with van der Waals surface area (Å²) in [6.07, 6.45) is -7.99. The van der Waals surface area contributed by atoms with Crippen LogP contribution < -0.4 is 26.5 Å². The number of methoxy groups -OCH3 is 1. The summed E-state index contributed by atoms with van der Waals surface area (Å²) in [5, 5.41) is 0. The highest BCUT2D eigenvalue weighted by atomic mass is 32.7. The third-order valence-corrected chi connectivity index (χ3v) is 16.0. The van der Waals surface area contributed by atoms with Gasteiger partial charge in [0.2, 0.25) is 5.95 Å². The summed E-state index contributed by atoms with van der Waals surface area (Å²) >= 11 is 0.748. The number of nitrogens with zero attached hydrogens (tertiary/aromatic N) is 7. The van der Waals surface area contributed by atoms with E-state index in [9.17, 15) is 28.4 Å². The molecule has 9 atom stereocenters. The Morgan fingerprint density at radius 3 is 2.33 bits per heavy atom. The number of anilines is 2. The number of ether oxygens (including phenoxy) is 5. The monoisotopic (exact) mass is 1030 g/mol. The second kappa shape index (κ2) is 21.7. The Hall–Kier alpha value is -5.73. The molecule has 0 radical (unpaired) electrons. The Morgan fingerprint density at radius 2 is 1.60 bits per heavy atom. The number of phosphoric ester groups is 1. The van der Waals surface area contributed by atoms with E-state index in [4.69, 9.17) is 48.7 Å². The van der Waals surface area contributed by atoms with Gasteiger partial charge in [0.05, 0.1) is 31.4 Å². The number of halogens is 2. The number of imidazole rings is 2. The topological polar surface area (TPSA) is 322 Å². The lowest BCUT2D eigenvalue weighted by atomic mass is 10.1. The van der Waals surface area contributed by atoms with Crippen molar-refractivity contribution in [1.82, 2.24) is 39.0 Å². The molecule has 29 heteroatoms. The van der Waals surface area contributed by atoms with Gasteiger partial charge >= 0.3 is 19.8 Å². The quantitative estimate of drug-likeness (QED) is 0.0477. The number of alkyl halides is 2. The number of esters is 2. The SMILES string of the molecule is CCCCCC(=O)Oc1ccc(C(=O)Oc2ccc(CSP3(=O)CO[C@H]4[C@@H](F)[C@H](n5cnc6c(N)ncnc65)O[C@@H]4COP(=O)(O)O[C@@H](n4cnc5c(=O)[nH]c(N)nc54)[C@H](F)[C@H](OC)CO3)cc2)cc1. The van der Waals surface area contributed by atoms with Crippen molar-refractivity contribution in [3.63, 3.8) is 0 Å². The molecule has 0 saturated carbocycles. The molecule has 6 heterocycles. The van der Waals surface area contributed by atoms with Crippen molar-refractivity contribution in [3.05, 3.63) is 89.0 Å². The summed E-state index contributed by atoms with van der Waals surface area (Å²) in [6.45, 7) is -3.91. The first-order chi connectivity index (χ1) is 33.5. The molecule has 6 N–H and O–H groups in total. The van der Waals surface area contributed by atoms with Crippen molar-refractivity contribution in [2.24, 2.45) is 0 Å². The minimum atomic E-state index is -5.38. The number of rotatable bonds is 13. The summed E-state index contributed by atoms with van der Waals surface area (Å²) in [7, 11) is -4.30. The molecule has 2 unspecified atom stereocenters.